The first-order chi connectivity index (χ1) is 13.0. The number of carbonyl (C=O) groups is 3. The van der Waals surface area contributed by atoms with Gasteiger partial charge < -0.3 is 24.4 Å². The van der Waals surface area contributed by atoms with Crippen molar-refractivity contribution >= 4 is 17.8 Å². The van der Waals surface area contributed by atoms with E-state index in [1.54, 1.807) is 11.5 Å². The maximum Gasteiger partial charge on any atom is 0.354 e. The van der Waals surface area contributed by atoms with Gasteiger partial charge in [-0.15, -0.1) is 0 Å². The average molecular weight is 395 g/mol. The molecule has 0 atom stereocenters. The first-order valence-electron chi connectivity index (χ1n) is 9.56. The number of amides is 2. The monoisotopic (exact) mass is 394 g/mol. The number of nitrogens with one attached hydrogen (secondary N) is 1. The van der Waals surface area contributed by atoms with Crippen LogP contribution in [0.25, 0.3) is 0 Å². The number of rotatable bonds is 9. The van der Waals surface area contributed by atoms with Crippen molar-refractivity contribution in [2.75, 3.05) is 40.8 Å². The number of ether oxygens (including phenoxy) is 1. The van der Waals surface area contributed by atoms with Gasteiger partial charge in [-0.3, -0.25) is 4.79 Å². The SMILES string of the molecule is CCn1c(C)c(C(=O)CN(CCN(C)C)C(=O)NC(C)C)c(C)c1C(=O)OC. The van der Waals surface area contributed by atoms with Crippen molar-refractivity contribution in [3.8, 4) is 0 Å². The summed E-state index contributed by atoms with van der Waals surface area (Å²) in [5.41, 5.74) is 2.17. The lowest BCUT2D eigenvalue weighted by molar-refractivity contribution is 0.0587. The number of methoxy groups -OCH3 is 1. The van der Waals surface area contributed by atoms with E-state index in [9.17, 15) is 14.4 Å². The van der Waals surface area contributed by atoms with Crippen LogP contribution in [0.2, 0.25) is 0 Å². The Hall–Kier alpha value is -2.35. The minimum atomic E-state index is -0.469. The summed E-state index contributed by atoms with van der Waals surface area (Å²) in [4.78, 5) is 41.3. The largest absolute Gasteiger partial charge is 0.464 e. The number of hydrogen-bond acceptors (Lipinski definition) is 5. The summed E-state index contributed by atoms with van der Waals surface area (Å²) in [5, 5.41) is 2.84. The number of aromatic nitrogens is 1. The van der Waals surface area contributed by atoms with Gasteiger partial charge in [0.2, 0.25) is 0 Å². The topological polar surface area (TPSA) is 83.9 Å². The van der Waals surface area contributed by atoms with E-state index in [1.807, 2.05) is 46.7 Å². The number of hydrogen-bond donors (Lipinski definition) is 1. The smallest absolute Gasteiger partial charge is 0.354 e. The van der Waals surface area contributed by atoms with Gasteiger partial charge in [-0.2, -0.15) is 0 Å². The van der Waals surface area contributed by atoms with Gasteiger partial charge in [0.15, 0.2) is 5.78 Å². The summed E-state index contributed by atoms with van der Waals surface area (Å²) in [6.07, 6.45) is 0. The first kappa shape index (κ1) is 23.7. The van der Waals surface area contributed by atoms with E-state index in [4.69, 9.17) is 4.74 Å². The molecule has 0 spiro atoms. The van der Waals surface area contributed by atoms with E-state index in [-0.39, 0.29) is 24.4 Å². The first-order valence-corrected chi connectivity index (χ1v) is 9.56. The molecule has 1 N–H and O–H groups in total. The summed E-state index contributed by atoms with van der Waals surface area (Å²) in [6, 6.07) is -0.302. The molecule has 0 aliphatic rings. The fourth-order valence-corrected chi connectivity index (χ4v) is 3.22. The van der Waals surface area contributed by atoms with Gasteiger partial charge in [-0.05, 0) is 54.3 Å². The Morgan fingerprint density at radius 3 is 2.21 bits per heavy atom. The Morgan fingerprint density at radius 1 is 1.14 bits per heavy atom. The van der Waals surface area contributed by atoms with Crippen molar-refractivity contribution in [1.29, 1.82) is 0 Å². The van der Waals surface area contributed by atoms with Crippen LogP contribution in [0.4, 0.5) is 4.79 Å². The highest BCUT2D eigenvalue weighted by Crippen LogP contribution is 2.24. The number of urea groups is 1. The molecule has 1 heterocycles. The molecule has 0 unspecified atom stereocenters. The van der Waals surface area contributed by atoms with Gasteiger partial charge in [-0.25, -0.2) is 9.59 Å². The maximum absolute atomic E-state index is 13.1. The number of likely N-dealkylation sites (N-methyl/N-ethyl adjacent to an activating group) is 1. The Kier molecular flexibility index (Phi) is 8.68. The Bertz CT molecular complexity index is 722. The van der Waals surface area contributed by atoms with Gasteiger partial charge in [0.25, 0.3) is 0 Å². The molecule has 0 bridgehead atoms. The average Bonchev–Trinajstić information content (AvgIpc) is 2.86. The minimum absolute atomic E-state index is 0.0277. The van der Waals surface area contributed by atoms with Gasteiger partial charge in [-0.1, -0.05) is 0 Å². The molecule has 8 heteroatoms. The molecule has 28 heavy (non-hydrogen) atoms. The molecule has 0 saturated carbocycles. The summed E-state index contributed by atoms with van der Waals surface area (Å²) in [6.45, 7) is 10.8. The molecule has 0 aromatic carbocycles. The predicted molar refractivity (Wildman–Crippen MR) is 109 cm³/mol. The second-order valence-electron chi connectivity index (χ2n) is 7.42. The van der Waals surface area contributed by atoms with Crippen molar-refractivity contribution in [3.05, 3.63) is 22.5 Å². The molecule has 0 fully saturated rings. The van der Waals surface area contributed by atoms with Crippen LogP contribution in [0.15, 0.2) is 0 Å². The fraction of sp³-hybridized carbons (Fsp3) is 0.650. The fourth-order valence-electron chi connectivity index (χ4n) is 3.22. The molecule has 0 aliphatic heterocycles. The van der Waals surface area contributed by atoms with Crippen molar-refractivity contribution in [2.45, 2.75) is 47.2 Å². The molecule has 1 aromatic heterocycles. The van der Waals surface area contributed by atoms with Crippen LogP contribution >= 0.6 is 0 Å². The number of nitrogens with zero attached hydrogens (tertiary/aromatic N) is 3. The van der Waals surface area contributed by atoms with Crippen LogP contribution in [0.3, 0.4) is 0 Å². The number of Topliss-reactive ketones (excluding diaryl/α,β-unsaturated/α-hetero) is 1. The maximum atomic E-state index is 13.1. The zero-order chi connectivity index (χ0) is 21.6. The van der Waals surface area contributed by atoms with Gasteiger partial charge in [0.1, 0.15) is 5.69 Å². The Labute approximate surface area is 167 Å². The molecule has 0 saturated heterocycles. The molecule has 1 aromatic rings. The van der Waals surface area contributed by atoms with E-state index >= 15 is 0 Å². The van der Waals surface area contributed by atoms with Gasteiger partial charge in [0, 0.05) is 36.9 Å². The van der Waals surface area contributed by atoms with Crippen LogP contribution in [0.1, 0.15) is 52.9 Å². The van der Waals surface area contributed by atoms with E-state index < -0.39 is 5.97 Å². The van der Waals surface area contributed by atoms with E-state index in [1.165, 1.54) is 12.0 Å². The van der Waals surface area contributed by atoms with Gasteiger partial charge >= 0.3 is 12.0 Å². The summed E-state index contributed by atoms with van der Waals surface area (Å²) in [7, 11) is 5.15. The van der Waals surface area contributed by atoms with Gasteiger partial charge in [0.05, 0.1) is 13.7 Å². The number of carbonyl (C=O) groups excluding carboxylic acids is 3. The van der Waals surface area contributed by atoms with E-state index in [0.717, 1.165) is 0 Å². The lowest BCUT2D eigenvalue weighted by Crippen LogP contribution is -2.47. The van der Waals surface area contributed by atoms with Crippen LogP contribution < -0.4 is 5.32 Å². The lowest BCUT2D eigenvalue weighted by Gasteiger charge is -2.25. The number of ketones is 1. The molecule has 1 rings (SSSR count). The predicted octanol–water partition coefficient (Wildman–Crippen LogP) is 2.08. The summed E-state index contributed by atoms with van der Waals surface area (Å²) >= 11 is 0. The Morgan fingerprint density at radius 2 is 1.75 bits per heavy atom. The zero-order valence-electron chi connectivity index (χ0n) is 18.4. The highest BCUT2D eigenvalue weighted by molar-refractivity contribution is 6.04. The zero-order valence-corrected chi connectivity index (χ0v) is 18.4. The minimum Gasteiger partial charge on any atom is -0.464 e. The molecule has 2 amide bonds. The third-order valence-electron chi connectivity index (χ3n) is 4.59. The highest BCUT2D eigenvalue weighted by Gasteiger charge is 2.28. The second-order valence-corrected chi connectivity index (χ2v) is 7.42. The second kappa shape index (κ2) is 10.3. The van der Waals surface area contributed by atoms with Crippen molar-refractivity contribution < 1.29 is 19.1 Å². The third-order valence-corrected chi connectivity index (χ3v) is 4.59. The summed E-state index contributed by atoms with van der Waals surface area (Å²) < 4.78 is 6.67. The lowest BCUT2D eigenvalue weighted by atomic mass is 10.1. The van der Waals surface area contributed by atoms with Crippen LogP contribution in [-0.4, -0.2) is 79.0 Å². The van der Waals surface area contributed by atoms with E-state index in [0.29, 0.717) is 42.1 Å². The van der Waals surface area contributed by atoms with Crippen LogP contribution in [0, 0.1) is 13.8 Å². The van der Waals surface area contributed by atoms with Crippen molar-refractivity contribution in [2.24, 2.45) is 0 Å². The van der Waals surface area contributed by atoms with Crippen LogP contribution in [-0.2, 0) is 11.3 Å². The number of esters is 1. The standard InChI is InChI=1S/C20H34N4O4/c1-9-24-15(5)17(14(4)18(24)19(26)28-8)16(25)12-23(11-10-22(6)7)20(27)21-13(2)3/h13H,9-12H2,1-8H3,(H,21,27). The van der Waals surface area contributed by atoms with Crippen molar-refractivity contribution in [3.63, 3.8) is 0 Å². The quantitative estimate of drug-likeness (QED) is 0.512. The van der Waals surface area contributed by atoms with Crippen molar-refractivity contribution in [1.82, 2.24) is 19.7 Å². The molecule has 158 valence electrons. The van der Waals surface area contributed by atoms with Crippen LogP contribution in [0.5, 0.6) is 0 Å². The third kappa shape index (κ3) is 5.58. The normalized spacial score (nSPS) is 11.1. The molecule has 0 radical (unpaired) electrons. The molecular formula is C20H34N4O4. The highest BCUT2D eigenvalue weighted by atomic mass is 16.5. The molecular weight excluding hydrogens is 360 g/mol. The Balaban J connectivity index is 3.21. The summed E-state index contributed by atoms with van der Waals surface area (Å²) in [5.74, 6) is -0.659. The molecule has 8 nitrogen and oxygen atoms in total. The van der Waals surface area contributed by atoms with E-state index in [2.05, 4.69) is 5.32 Å². The molecule has 0 aliphatic carbocycles.